The Hall–Kier alpha value is -1.67. The molecule has 0 spiro atoms. The second-order valence-electron chi connectivity index (χ2n) is 5.83. The topological polar surface area (TPSA) is 74.8 Å². The summed E-state index contributed by atoms with van der Waals surface area (Å²) >= 11 is 1.36. The van der Waals surface area contributed by atoms with Gasteiger partial charge in [-0.15, -0.1) is 5.10 Å². The molecule has 8 heteroatoms. The summed E-state index contributed by atoms with van der Waals surface area (Å²) in [5.74, 6) is 0.433. The molecule has 3 heterocycles. The fourth-order valence-corrected chi connectivity index (χ4v) is 3.64. The van der Waals surface area contributed by atoms with Gasteiger partial charge in [-0.25, -0.2) is 4.68 Å². The fourth-order valence-electron chi connectivity index (χ4n) is 2.91. The molecule has 1 unspecified atom stereocenters. The lowest BCUT2D eigenvalue weighted by atomic mass is 10.2. The van der Waals surface area contributed by atoms with Crippen molar-refractivity contribution in [1.82, 2.24) is 24.8 Å². The first-order valence-electron chi connectivity index (χ1n) is 7.73. The number of thioether (sulfide) groups is 1. The van der Waals surface area contributed by atoms with Gasteiger partial charge in [-0.05, 0) is 43.2 Å². The molecule has 0 bridgehead atoms. The number of hydrogen-bond acceptors (Lipinski definition) is 6. The van der Waals surface area contributed by atoms with Gasteiger partial charge in [-0.3, -0.25) is 4.79 Å². The molecule has 0 N–H and O–H groups in total. The first-order valence-corrected chi connectivity index (χ1v) is 8.71. The summed E-state index contributed by atoms with van der Waals surface area (Å²) in [7, 11) is 1.76. The Morgan fingerprint density at radius 1 is 1.48 bits per heavy atom. The lowest BCUT2D eigenvalue weighted by molar-refractivity contribution is 0.0957. The van der Waals surface area contributed by atoms with E-state index in [2.05, 4.69) is 20.1 Å². The van der Waals surface area contributed by atoms with E-state index in [-0.39, 0.29) is 11.9 Å². The number of hydrogen-bond donors (Lipinski definition) is 0. The molecule has 2 aromatic rings. The monoisotopic (exact) mass is 335 g/mol. The first-order chi connectivity index (χ1) is 11.1. The van der Waals surface area contributed by atoms with E-state index in [1.54, 1.807) is 11.7 Å². The maximum Gasteiger partial charge on any atom is 0.209 e. The third-order valence-corrected chi connectivity index (χ3v) is 5.21. The van der Waals surface area contributed by atoms with Crippen LogP contribution in [0.25, 0.3) is 0 Å². The molecule has 0 saturated carbocycles. The molecular weight excluding hydrogens is 314 g/mol. The molecule has 0 amide bonds. The minimum absolute atomic E-state index is 0.102. The molecule has 1 saturated heterocycles. The third kappa shape index (κ3) is 3.48. The van der Waals surface area contributed by atoms with Crippen LogP contribution in [0.3, 0.4) is 0 Å². The second-order valence-corrected chi connectivity index (χ2v) is 6.77. The summed E-state index contributed by atoms with van der Waals surface area (Å²) in [6.07, 6.45) is 2.48. The number of carbonyl (C=O) groups is 1. The summed E-state index contributed by atoms with van der Waals surface area (Å²) in [6.45, 7) is 5.71. The summed E-state index contributed by atoms with van der Waals surface area (Å²) in [6, 6.07) is 1.97. The molecule has 1 fully saturated rings. The van der Waals surface area contributed by atoms with Crippen molar-refractivity contribution in [2.75, 3.05) is 12.4 Å². The highest BCUT2D eigenvalue weighted by Crippen LogP contribution is 2.22. The summed E-state index contributed by atoms with van der Waals surface area (Å²) < 4.78 is 9.47. The maximum atomic E-state index is 12.5. The number of Topliss-reactive ketones (excluding diaryl/α,β-unsaturated/α-hetero) is 1. The van der Waals surface area contributed by atoms with Crippen LogP contribution < -0.4 is 0 Å². The predicted molar refractivity (Wildman–Crippen MR) is 86.7 cm³/mol. The zero-order valence-electron chi connectivity index (χ0n) is 13.7. The van der Waals surface area contributed by atoms with Crippen LogP contribution in [-0.4, -0.2) is 49.0 Å². The summed E-state index contributed by atoms with van der Waals surface area (Å²) in [5.41, 5.74) is 2.90. The summed E-state index contributed by atoms with van der Waals surface area (Å²) in [5, 5.41) is 11.9. The zero-order chi connectivity index (χ0) is 16.4. The van der Waals surface area contributed by atoms with Crippen molar-refractivity contribution < 1.29 is 9.53 Å². The van der Waals surface area contributed by atoms with Gasteiger partial charge in [0.2, 0.25) is 5.16 Å². The van der Waals surface area contributed by atoms with E-state index < -0.39 is 0 Å². The molecule has 1 aliphatic rings. The van der Waals surface area contributed by atoms with Gasteiger partial charge in [0.05, 0.1) is 11.9 Å². The highest BCUT2D eigenvalue weighted by atomic mass is 32.2. The SMILES string of the molecule is Cc1cc(C(=O)CSc2nnnn2C)c(C)n1CC1CCCO1. The molecule has 124 valence electrons. The van der Waals surface area contributed by atoms with Crippen LogP contribution >= 0.6 is 11.8 Å². The number of aryl methyl sites for hydroxylation is 2. The minimum atomic E-state index is 0.102. The third-order valence-electron chi connectivity index (χ3n) is 4.20. The number of carbonyl (C=O) groups excluding carboxylic acids is 1. The Bertz CT molecular complexity index is 703. The standard InChI is InChI=1S/C15H21N5O2S/c1-10-7-13(11(2)20(10)8-12-5-4-6-22-12)14(21)9-23-15-16-17-18-19(15)3/h7,12H,4-6,8-9H2,1-3H3. The maximum absolute atomic E-state index is 12.5. The molecule has 7 nitrogen and oxygen atoms in total. The van der Waals surface area contributed by atoms with Crippen LogP contribution in [0.5, 0.6) is 0 Å². The van der Waals surface area contributed by atoms with Gasteiger partial charge in [-0.1, -0.05) is 11.8 Å². The Morgan fingerprint density at radius 3 is 2.96 bits per heavy atom. The highest BCUT2D eigenvalue weighted by Gasteiger charge is 2.21. The minimum Gasteiger partial charge on any atom is -0.376 e. The van der Waals surface area contributed by atoms with E-state index in [0.717, 1.165) is 42.9 Å². The molecule has 3 rings (SSSR count). The Morgan fingerprint density at radius 2 is 2.30 bits per heavy atom. The normalized spacial score (nSPS) is 17.8. The van der Waals surface area contributed by atoms with E-state index in [4.69, 9.17) is 4.74 Å². The van der Waals surface area contributed by atoms with Crippen molar-refractivity contribution in [2.45, 2.75) is 44.5 Å². The van der Waals surface area contributed by atoms with Crippen molar-refractivity contribution in [2.24, 2.45) is 7.05 Å². The number of nitrogens with zero attached hydrogens (tertiary/aromatic N) is 5. The van der Waals surface area contributed by atoms with Crippen LogP contribution in [0.15, 0.2) is 11.2 Å². The van der Waals surface area contributed by atoms with Gasteiger partial charge in [0.1, 0.15) is 0 Å². The van der Waals surface area contributed by atoms with E-state index in [9.17, 15) is 4.79 Å². The zero-order valence-corrected chi connectivity index (χ0v) is 14.5. The second kappa shape index (κ2) is 6.84. The van der Waals surface area contributed by atoms with Crippen molar-refractivity contribution >= 4 is 17.5 Å². The average molecular weight is 335 g/mol. The summed E-state index contributed by atoms with van der Waals surface area (Å²) in [4.78, 5) is 12.5. The molecule has 0 aliphatic carbocycles. The molecule has 0 radical (unpaired) electrons. The number of ether oxygens (including phenoxy) is 1. The van der Waals surface area contributed by atoms with Gasteiger partial charge in [0.25, 0.3) is 0 Å². The molecule has 0 aromatic carbocycles. The molecule has 23 heavy (non-hydrogen) atoms. The van der Waals surface area contributed by atoms with E-state index in [0.29, 0.717) is 10.9 Å². The first kappa shape index (κ1) is 16.2. The number of tetrazole rings is 1. The quantitative estimate of drug-likeness (QED) is 0.592. The van der Waals surface area contributed by atoms with E-state index in [1.165, 1.54) is 11.8 Å². The van der Waals surface area contributed by atoms with Crippen LogP contribution in [0.1, 0.15) is 34.6 Å². The van der Waals surface area contributed by atoms with Gasteiger partial charge >= 0.3 is 0 Å². The van der Waals surface area contributed by atoms with Gasteiger partial charge in [0.15, 0.2) is 5.78 Å². The molecule has 1 aliphatic heterocycles. The largest absolute Gasteiger partial charge is 0.376 e. The van der Waals surface area contributed by atoms with Crippen LogP contribution in [0, 0.1) is 13.8 Å². The Balaban J connectivity index is 1.69. The fraction of sp³-hybridized carbons (Fsp3) is 0.600. The van der Waals surface area contributed by atoms with E-state index in [1.807, 2.05) is 19.9 Å². The molecular formula is C15H21N5O2S. The Labute approximate surface area is 139 Å². The average Bonchev–Trinajstić information content (AvgIpc) is 3.23. The van der Waals surface area contributed by atoms with Crippen molar-refractivity contribution in [3.05, 3.63) is 23.0 Å². The smallest absolute Gasteiger partial charge is 0.209 e. The lowest BCUT2D eigenvalue weighted by Gasteiger charge is -2.14. The van der Waals surface area contributed by atoms with Gasteiger partial charge in [0, 0.05) is 37.2 Å². The van der Waals surface area contributed by atoms with Gasteiger partial charge in [-0.2, -0.15) is 0 Å². The number of rotatable bonds is 6. The van der Waals surface area contributed by atoms with Crippen LogP contribution in [0.2, 0.25) is 0 Å². The lowest BCUT2D eigenvalue weighted by Crippen LogP contribution is -2.17. The van der Waals surface area contributed by atoms with Crippen LogP contribution in [0.4, 0.5) is 0 Å². The Kier molecular flexibility index (Phi) is 4.82. The van der Waals surface area contributed by atoms with Gasteiger partial charge < -0.3 is 9.30 Å². The molecule has 2 aromatic heterocycles. The highest BCUT2D eigenvalue weighted by molar-refractivity contribution is 7.99. The van der Waals surface area contributed by atoms with Crippen molar-refractivity contribution in [3.63, 3.8) is 0 Å². The van der Waals surface area contributed by atoms with Crippen molar-refractivity contribution in [1.29, 1.82) is 0 Å². The molecule has 1 atom stereocenters. The van der Waals surface area contributed by atoms with E-state index >= 15 is 0 Å². The number of ketones is 1. The van der Waals surface area contributed by atoms with Crippen LogP contribution in [-0.2, 0) is 18.3 Å². The number of aromatic nitrogens is 5. The predicted octanol–water partition coefficient (Wildman–Crippen LogP) is 1.78. The van der Waals surface area contributed by atoms with Crippen molar-refractivity contribution in [3.8, 4) is 0 Å².